The lowest BCUT2D eigenvalue weighted by atomic mass is 10.2. The Bertz CT molecular complexity index is 512. The number of aromatic nitrogens is 3. The molecular weight excluding hydrogens is 266 g/mol. The van der Waals surface area contributed by atoms with E-state index in [9.17, 15) is 0 Å². The number of benzene rings is 1. The number of rotatable bonds is 6. The molecule has 0 bridgehead atoms. The SMILES string of the molecule is CNC.Cc1cccc(OCCCNc2nc(C)n[nH]2)c1. The first kappa shape index (κ1) is 17.0. The number of ether oxygens (including phenoxy) is 1. The molecule has 0 aliphatic carbocycles. The summed E-state index contributed by atoms with van der Waals surface area (Å²) >= 11 is 0. The second kappa shape index (κ2) is 9.77. The first-order valence-corrected chi connectivity index (χ1v) is 7.06. The summed E-state index contributed by atoms with van der Waals surface area (Å²) in [6.45, 7) is 5.40. The highest BCUT2D eigenvalue weighted by Gasteiger charge is 1.97. The highest BCUT2D eigenvalue weighted by Crippen LogP contribution is 2.12. The van der Waals surface area contributed by atoms with Gasteiger partial charge in [0.15, 0.2) is 0 Å². The Balaban J connectivity index is 0.000000677. The first-order valence-electron chi connectivity index (χ1n) is 7.06. The molecule has 0 aliphatic heterocycles. The third-order valence-corrected chi connectivity index (χ3v) is 2.47. The smallest absolute Gasteiger partial charge is 0.218 e. The highest BCUT2D eigenvalue weighted by atomic mass is 16.5. The molecule has 0 aliphatic rings. The van der Waals surface area contributed by atoms with Crippen LogP contribution in [0, 0.1) is 13.8 Å². The van der Waals surface area contributed by atoms with Crippen molar-refractivity contribution in [3.05, 3.63) is 35.7 Å². The van der Waals surface area contributed by atoms with Gasteiger partial charge in [-0.1, -0.05) is 12.1 Å². The monoisotopic (exact) mass is 291 g/mol. The molecule has 21 heavy (non-hydrogen) atoms. The number of anilines is 1. The van der Waals surface area contributed by atoms with Crippen LogP contribution in [-0.2, 0) is 0 Å². The van der Waals surface area contributed by atoms with E-state index in [-0.39, 0.29) is 0 Å². The zero-order valence-electron chi connectivity index (χ0n) is 13.2. The maximum atomic E-state index is 5.64. The van der Waals surface area contributed by atoms with Gasteiger partial charge in [0.2, 0.25) is 5.95 Å². The van der Waals surface area contributed by atoms with Crippen LogP contribution in [0.5, 0.6) is 5.75 Å². The molecule has 2 aromatic rings. The minimum absolute atomic E-state index is 0.684. The van der Waals surface area contributed by atoms with E-state index in [1.807, 2.05) is 39.2 Å². The van der Waals surface area contributed by atoms with Crippen LogP contribution in [0.25, 0.3) is 0 Å². The molecule has 1 aromatic heterocycles. The predicted octanol–water partition coefficient (Wildman–Crippen LogP) is 2.14. The van der Waals surface area contributed by atoms with Gasteiger partial charge in [-0.15, -0.1) is 0 Å². The van der Waals surface area contributed by atoms with Gasteiger partial charge in [-0.2, -0.15) is 10.1 Å². The van der Waals surface area contributed by atoms with E-state index >= 15 is 0 Å². The van der Waals surface area contributed by atoms with Gasteiger partial charge in [0.1, 0.15) is 11.6 Å². The Kier molecular flexibility index (Phi) is 7.89. The fourth-order valence-corrected chi connectivity index (χ4v) is 1.60. The largest absolute Gasteiger partial charge is 0.494 e. The molecule has 0 saturated carbocycles. The van der Waals surface area contributed by atoms with Crippen LogP contribution in [0.15, 0.2) is 24.3 Å². The zero-order valence-corrected chi connectivity index (χ0v) is 13.2. The van der Waals surface area contributed by atoms with E-state index in [0.717, 1.165) is 24.5 Å². The second-order valence-corrected chi connectivity index (χ2v) is 4.68. The van der Waals surface area contributed by atoms with Crippen molar-refractivity contribution in [2.75, 3.05) is 32.6 Å². The molecule has 0 atom stereocenters. The summed E-state index contributed by atoms with van der Waals surface area (Å²) in [6.07, 6.45) is 0.910. The highest BCUT2D eigenvalue weighted by molar-refractivity contribution is 5.27. The average Bonchev–Trinajstić information content (AvgIpc) is 2.85. The normalized spacial score (nSPS) is 9.71. The molecule has 0 saturated heterocycles. The van der Waals surface area contributed by atoms with Crippen LogP contribution in [0.1, 0.15) is 17.8 Å². The van der Waals surface area contributed by atoms with Crippen molar-refractivity contribution < 1.29 is 4.74 Å². The van der Waals surface area contributed by atoms with Gasteiger partial charge in [0.05, 0.1) is 6.61 Å². The number of aryl methyl sites for hydroxylation is 2. The Morgan fingerprint density at radius 2 is 2.00 bits per heavy atom. The second-order valence-electron chi connectivity index (χ2n) is 4.68. The van der Waals surface area contributed by atoms with E-state index in [1.54, 1.807) is 0 Å². The van der Waals surface area contributed by atoms with E-state index in [2.05, 4.69) is 38.8 Å². The number of hydrogen-bond acceptors (Lipinski definition) is 5. The molecule has 1 aromatic carbocycles. The summed E-state index contributed by atoms with van der Waals surface area (Å²) in [7, 11) is 3.75. The fourth-order valence-electron chi connectivity index (χ4n) is 1.60. The number of aromatic amines is 1. The van der Waals surface area contributed by atoms with Crippen molar-refractivity contribution in [3.8, 4) is 5.75 Å². The van der Waals surface area contributed by atoms with Gasteiger partial charge < -0.3 is 15.4 Å². The lowest BCUT2D eigenvalue weighted by Crippen LogP contribution is -2.08. The summed E-state index contributed by atoms with van der Waals surface area (Å²) in [6, 6.07) is 8.06. The number of hydrogen-bond donors (Lipinski definition) is 3. The van der Waals surface area contributed by atoms with Gasteiger partial charge in [0, 0.05) is 6.54 Å². The molecule has 1 heterocycles. The molecule has 0 radical (unpaired) electrons. The minimum Gasteiger partial charge on any atom is -0.494 e. The summed E-state index contributed by atoms with van der Waals surface area (Å²) in [5.74, 6) is 2.38. The number of nitrogens with one attached hydrogen (secondary N) is 3. The third-order valence-electron chi connectivity index (χ3n) is 2.47. The van der Waals surface area contributed by atoms with Crippen LogP contribution < -0.4 is 15.4 Å². The lowest BCUT2D eigenvalue weighted by molar-refractivity contribution is 0.314. The van der Waals surface area contributed by atoms with E-state index in [0.29, 0.717) is 12.6 Å². The third kappa shape index (κ3) is 7.31. The van der Waals surface area contributed by atoms with Gasteiger partial charge >= 0.3 is 0 Å². The van der Waals surface area contributed by atoms with Gasteiger partial charge in [-0.05, 0) is 52.1 Å². The molecule has 6 nitrogen and oxygen atoms in total. The first-order chi connectivity index (χ1) is 10.2. The summed E-state index contributed by atoms with van der Waals surface area (Å²) in [5.41, 5.74) is 1.21. The van der Waals surface area contributed by atoms with Crippen molar-refractivity contribution in [1.29, 1.82) is 0 Å². The topological polar surface area (TPSA) is 74.9 Å². The molecule has 6 heteroatoms. The van der Waals surface area contributed by atoms with Crippen LogP contribution in [0.2, 0.25) is 0 Å². The van der Waals surface area contributed by atoms with Gasteiger partial charge in [-0.25, -0.2) is 5.10 Å². The molecule has 0 amide bonds. The van der Waals surface area contributed by atoms with Crippen molar-refractivity contribution >= 4 is 5.95 Å². The zero-order chi connectivity index (χ0) is 15.5. The maximum absolute atomic E-state index is 5.64. The van der Waals surface area contributed by atoms with E-state index < -0.39 is 0 Å². The molecule has 0 fully saturated rings. The Morgan fingerprint density at radius 3 is 2.62 bits per heavy atom. The Labute approximate surface area is 126 Å². The Morgan fingerprint density at radius 1 is 1.24 bits per heavy atom. The van der Waals surface area contributed by atoms with Crippen molar-refractivity contribution in [3.63, 3.8) is 0 Å². The standard InChI is InChI=1S/C13H18N4O.C2H7N/c1-10-5-3-6-12(9-10)18-8-4-7-14-13-15-11(2)16-17-13;1-3-2/h3,5-6,9H,4,7-8H2,1-2H3,(H2,14,15,16,17);3H,1-2H3. The molecular formula is C15H25N5O. The molecule has 0 spiro atoms. The molecule has 0 unspecified atom stereocenters. The van der Waals surface area contributed by atoms with Crippen molar-refractivity contribution in [2.45, 2.75) is 20.3 Å². The molecule has 3 N–H and O–H groups in total. The lowest BCUT2D eigenvalue weighted by Gasteiger charge is -2.07. The maximum Gasteiger partial charge on any atom is 0.218 e. The summed E-state index contributed by atoms with van der Waals surface area (Å²) < 4.78 is 5.64. The van der Waals surface area contributed by atoms with Crippen LogP contribution in [0.3, 0.4) is 0 Å². The van der Waals surface area contributed by atoms with Crippen molar-refractivity contribution in [1.82, 2.24) is 20.5 Å². The van der Waals surface area contributed by atoms with Crippen LogP contribution >= 0.6 is 0 Å². The van der Waals surface area contributed by atoms with Crippen molar-refractivity contribution in [2.24, 2.45) is 0 Å². The quantitative estimate of drug-likeness (QED) is 0.711. The number of nitrogens with zero attached hydrogens (tertiary/aromatic N) is 2. The Hall–Kier alpha value is -2.08. The fraction of sp³-hybridized carbons (Fsp3) is 0.467. The van der Waals surface area contributed by atoms with Gasteiger partial charge in [-0.3, -0.25) is 0 Å². The molecule has 2 rings (SSSR count). The predicted molar refractivity (Wildman–Crippen MR) is 85.9 cm³/mol. The summed E-state index contributed by atoms with van der Waals surface area (Å²) in [5, 5.41) is 12.7. The average molecular weight is 291 g/mol. The summed E-state index contributed by atoms with van der Waals surface area (Å²) in [4.78, 5) is 4.16. The number of H-pyrrole nitrogens is 1. The van der Waals surface area contributed by atoms with Gasteiger partial charge in [0.25, 0.3) is 0 Å². The molecule has 116 valence electrons. The van der Waals surface area contributed by atoms with Crippen LogP contribution in [-0.4, -0.2) is 42.4 Å². The van der Waals surface area contributed by atoms with E-state index in [1.165, 1.54) is 5.56 Å². The van der Waals surface area contributed by atoms with Crippen LogP contribution in [0.4, 0.5) is 5.95 Å². The van der Waals surface area contributed by atoms with E-state index in [4.69, 9.17) is 4.74 Å². The minimum atomic E-state index is 0.684.